The van der Waals surface area contributed by atoms with E-state index in [0.29, 0.717) is 38.5 Å². The lowest BCUT2D eigenvalue weighted by Gasteiger charge is -2.13. The van der Waals surface area contributed by atoms with Gasteiger partial charge >= 0.3 is 0 Å². The number of rotatable bonds is 4. The number of hydrogen-bond acceptors (Lipinski definition) is 6. The predicted octanol–water partition coefficient (Wildman–Crippen LogP) is 5.36. The van der Waals surface area contributed by atoms with Crippen LogP contribution >= 0.6 is 43.5 Å². The van der Waals surface area contributed by atoms with Gasteiger partial charge in [0.1, 0.15) is 10.3 Å². The van der Waals surface area contributed by atoms with Crippen molar-refractivity contribution in [3.05, 3.63) is 67.8 Å². The number of anilines is 1. The smallest absolute Gasteiger partial charge is 0.274 e. The second-order valence-electron chi connectivity index (χ2n) is 6.30. The molecule has 0 radical (unpaired) electrons. The second kappa shape index (κ2) is 8.29. The zero-order valence-electron chi connectivity index (χ0n) is 15.7. The summed E-state index contributed by atoms with van der Waals surface area (Å²) < 4.78 is 8.24. The van der Waals surface area contributed by atoms with Crippen LogP contribution in [0.1, 0.15) is 21.9 Å². The van der Waals surface area contributed by atoms with Crippen LogP contribution in [0, 0.1) is 13.8 Å². The number of nitrogens with one attached hydrogen (secondary N) is 1. The highest BCUT2D eigenvalue weighted by molar-refractivity contribution is 9.10. The van der Waals surface area contributed by atoms with E-state index in [0.717, 1.165) is 10.0 Å². The minimum Gasteiger partial charge on any atom is -0.421 e. The molecule has 0 unspecified atom stereocenters. The van der Waals surface area contributed by atoms with Crippen LogP contribution in [0.3, 0.4) is 0 Å². The summed E-state index contributed by atoms with van der Waals surface area (Å²) in [6, 6.07) is 8.65. The summed E-state index contributed by atoms with van der Waals surface area (Å²) in [7, 11) is 0. The van der Waals surface area contributed by atoms with Crippen LogP contribution in [0.25, 0.3) is 17.3 Å². The molecule has 0 spiro atoms. The summed E-state index contributed by atoms with van der Waals surface area (Å²) in [6.07, 6.45) is 1.58. The Labute approximate surface area is 192 Å². The van der Waals surface area contributed by atoms with E-state index < -0.39 is 5.91 Å². The lowest BCUT2D eigenvalue weighted by atomic mass is 10.1. The van der Waals surface area contributed by atoms with Gasteiger partial charge < -0.3 is 9.73 Å². The quantitative estimate of drug-likeness (QED) is 0.366. The molecule has 0 bridgehead atoms. The first kappa shape index (κ1) is 20.7. The minimum atomic E-state index is -0.405. The molecule has 3 heterocycles. The number of pyridine rings is 1. The highest BCUT2D eigenvalue weighted by atomic mass is 79.9. The first-order chi connectivity index (χ1) is 14.3. The van der Waals surface area contributed by atoms with Gasteiger partial charge in [0, 0.05) is 23.7 Å². The maximum Gasteiger partial charge on any atom is 0.274 e. The lowest BCUT2D eigenvalue weighted by Crippen LogP contribution is -2.19. The monoisotopic (exact) mass is 550 g/mol. The number of amides is 1. The number of nitrogens with zero attached hydrogens (tertiary/aromatic N) is 5. The fourth-order valence-electron chi connectivity index (χ4n) is 2.87. The van der Waals surface area contributed by atoms with Gasteiger partial charge in [-0.3, -0.25) is 4.79 Å². The Balaban J connectivity index is 1.77. The van der Waals surface area contributed by atoms with E-state index in [1.165, 1.54) is 4.68 Å². The maximum atomic E-state index is 13.2. The van der Waals surface area contributed by atoms with E-state index in [-0.39, 0.29) is 5.69 Å². The van der Waals surface area contributed by atoms with Crippen LogP contribution < -0.4 is 5.32 Å². The molecule has 4 rings (SSSR count). The van der Waals surface area contributed by atoms with Gasteiger partial charge in [-0.25, -0.2) is 9.67 Å². The second-order valence-corrected chi connectivity index (χ2v) is 8.43. The van der Waals surface area contributed by atoms with Crippen molar-refractivity contribution in [2.45, 2.75) is 13.8 Å². The van der Waals surface area contributed by atoms with Gasteiger partial charge in [-0.05, 0) is 52.7 Å². The van der Waals surface area contributed by atoms with Gasteiger partial charge in [-0.1, -0.05) is 27.5 Å². The standard InChI is InChI=1S/C19H13Br2ClN6O2/c1-9-6-11(20)7-12(19-26-25-10(2)30-19)16(9)24-18(29)14-8-15(21)27-28(14)17-13(22)4-3-5-23-17/h3-8H,1-2H3,(H,24,29). The van der Waals surface area contributed by atoms with Gasteiger partial charge in [0.15, 0.2) is 5.82 Å². The number of aromatic nitrogens is 5. The summed E-state index contributed by atoms with van der Waals surface area (Å²) in [5, 5.41) is 15.6. The molecule has 8 nitrogen and oxygen atoms in total. The molecule has 0 aliphatic heterocycles. The van der Waals surface area contributed by atoms with Crippen molar-refractivity contribution in [1.29, 1.82) is 0 Å². The molecule has 11 heteroatoms. The van der Waals surface area contributed by atoms with E-state index in [1.54, 1.807) is 37.4 Å². The fourth-order valence-corrected chi connectivity index (χ4v) is 4.02. The van der Waals surface area contributed by atoms with Crippen LogP contribution in [0.2, 0.25) is 5.02 Å². The lowest BCUT2D eigenvalue weighted by molar-refractivity contribution is 0.101. The van der Waals surface area contributed by atoms with E-state index in [4.69, 9.17) is 16.0 Å². The molecule has 0 saturated heterocycles. The van der Waals surface area contributed by atoms with Crippen molar-refractivity contribution in [1.82, 2.24) is 25.0 Å². The van der Waals surface area contributed by atoms with E-state index in [1.807, 2.05) is 13.0 Å². The number of benzene rings is 1. The number of aryl methyl sites for hydroxylation is 2. The van der Waals surface area contributed by atoms with Crippen molar-refractivity contribution >= 4 is 55.1 Å². The summed E-state index contributed by atoms with van der Waals surface area (Å²) in [5.74, 6) is 0.662. The minimum absolute atomic E-state index is 0.248. The summed E-state index contributed by atoms with van der Waals surface area (Å²) in [6.45, 7) is 3.57. The highest BCUT2D eigenvalue weighted by Crippen LogP contribution is 2.34. The van der Waals surface area contributed by atoms with Gasteiger partial charge in [-0.2, -0.15) is 5.10 Å². The van der Waals surface area contributed by atoms with Crippen molar-refractivity contribution in [3.8, 4) is 17.3 Å². The van der Waals surface area contributed by atoms with Crippen LogP contribution in [-0.2, 0) is 0 Å². The summed E-state index contributed by atoms with van der Waals surface area (Å²) in [5.41, 5.74) is 2.20. The molecular weight excluding hydrogens is 540 g/mol. The van der Waals surface area contributed by atoms with Crippen LogP contribution in [0.4, 0.5) is 5.69 Å². The molecule has 0 aliphatic rings. The molecule has 0 atom stereocenters. The highest BCUT2D eigenvalue weighted by Gasteiger charge is 2.22. The van der Waals surface area contributed by atoms with E-state index in [9.17, 15) is 4.79 Å². The van der Waals surface area contributed by atoms with Gasteiger partial charge in [0.05, 0.1) is 16.3 Å². The molecule has 0 aliphatic carbocycles. The third-order valence-corrected chi connectivity index (χ3v) is 5.29. The van der Waals surface area contributed by atoms with Crippen LogP contribution in [0.5, 0.6) is 0 Å². The first-order valence-corrected chi connectivity index (χ1v) is 10.6. The SMILES string of the molecule is Cc1nnc(-c2cc(Br)cc(C)c2NC(=O)c2cc(Br)nn2-c2ncccc2Cl)o1. The van der Waals surface area contributed by atoms with Crippen molar-refractivity contribution in [2.24, 2.45) is 0 Å². The van der Waals surface area contributed by atoms with E-state index >= 15 is 0 Å². The van der Waals surface area contributed by atoms with Crippen molar-refractivity contribution in [3.63, 3.8) is 0 Å². The summed E-state index contributed by atoms with van der Waals surface area (Å²) >= 11 is 13.0. The molecule has 1 aromatic carbocycles. The molecule has 30 heavy (non-hydrogen) atoms. The largest absolute Gasteiger partial charge is 0.421 e. The molecule has 0 fully saturated rings. The van der Waals surface area contributed by atoms with Crippen molar-refractivity contribution < 1.29 is 9.21 Å². The average Bonchev–Trinajstić information content (AvgIpc) is 3.29. The fraction of sp³-hybridized carbons (Fsp3) is 0.105. The van der Waals surface area contributed by atoms with Crippen LogP contribution in [-0.4, -0.2) is 30.9 Å². The third-order valence-electron chi connectivity index (χ3n) is 4.15. The Morgan fingerprint density at radius 2 is 2.00 bits per heavy atom. The first-order valence-electron chi connectivity index (χ1n) is 8.62. The topological polar surface area (TPSA) is 98.7 Å². The number of carbonyl (C=O) groups is 1. The summed E-state index contributed by atoms with van der Waals surface area (Å²) in [4.78, 5) is 17.5. The molecule has 0 saturated carbocycles. The molecular formula is C19H13Br2ClN6O2. The van der Waals surface area contributed by atoms with Gasteiger partial charge in [-0.15, -0.1) is 10.2 Å². The maximum absolute atomic E-state index is 13.2. The van der Waals surface area contributed by atoms with Crippen molar-refractivity contribution in [2.75, 3.05) is 5.32 Å². The Kier molecular flexibility index (Phi) is 5.72. The van der Waals surface area contributed by atoms with Gasteiger partial charge in [0.2, 0.25) is 11.8 Å². The molecule has 1 N–H and O–H groups in total. The molecule has 4 aromatic rings. The number of carbonyl (C=O) groups excluding carboxylic acids is 1. The molecule has 1 amide bonds. The van der Waals surface area contributed by atoms with Gasteiger partial charge in [0.25, 0.3) is 5.91 Å². The average molecular weight is 553 g/mol. The van der Waals surface area contributed by atoms with Crippen LogP contribution in [0.15, 0.2) is 50.0 Å². The normalized spacial score (nSPS) is 11.0. The zero-order valence-corrected chi connectivity index (χ0v) is 19.6. The Morgan fingerprint density at radius 3 is 2.70 bits per heavy atom. The predicted molar refractivity (Wildman–Crippen MR) is 119 cm³/mol. The van der Waals surface area contributed by atoms with E-state index in [2.05, 4.69) is 57.5 Å². The zero-order chi connectivity index (χ0) is 21.4. The Morgan fingerprint density at radius 1 is 1.20 bits per heavy atom. The Hall–Kier alpha value is -2.56. The molecule has 152 valence electrons. The number of hydrogen-bond donors (Lipinski definition) is 1. The number of halogens is 3. The Bertz CT molecular complexity index is 1270. The molecule has 3 aromatic heterocycles. The third kappa shape index (κ3) is 4.03.